The van der Waals surface area contributed by atoms with Crippen molar-refractivity contribution in [3.63, 3.8) is 0 Å². The highest BCUT2D eigenvalue weighted by molar-refractivity contribution is 6.03. The Bertz CT molecular complexity index is 771. The van der Waals surface area contributed by atoms with Crippen LogP contribution in [0.3, 0.4) is 0 Å². The van der Waals surface area contributed by atoms with Gasteiger partial charge in [-0.1, -0.05) is 6.92 Å². The van der Waals surface area contributed by atoms with Crippen LogP contribution in [0.4, 0.5) is 11.4 Å². The maximum Gasteiger partial charge on any atom is 0.274 e. The van der Waals surface area contributed by atoms with E-state index in [1.807, 2.05) is 6.07 Å². The van der Waals surface area contributed by atoms with Crippen molar-refractivity contribution in [3.8, 4) is 11.5 Å². The van der Waals surface area contributed by atoms with Crippen LogP contribution in [0.15, 0.2) is 36.5 Å². The summed E-state index contributed by atoms with van der Waals surface area (Å²) >= 11 is 0. The number of rotatable bonds is 6. The number of carbonyl (C=O) groups excluding carboxylic acids is 1. The predicted octanol–water partition coefficient (Wildman–Crippen LogP) is 2.49. The van der Waals surface area contributed by atoms with Gasteiger partial charge in [0.1, 0.15) is 5.69 Å². The van der Waals surface area contributed by atoms with Crippen LogP contribution in [-0.4, -0.2) is 62.7 Å². The number of anilines is 2. The van der Waals surface area contributed by atoms with Gasteiger partial charge in [0.05, 0.1) is 26.1 Å². The van der Waals surface area contributed by atoms with Gasteiger partial charge in [0.25, 0.3) is 5.91 Å². The normalized spacial score (nSPS) is 14.7. The molecule has 0 spiro atoms. The van der Waals surface area contributed by atoms with Gasteiger partial charge in [0.2, 0.25) is 0 Å². The smallest absolute Gasteiger partial charge is 0.274 e. The molecule has 1 aliphatic rings. The molecule has 0 unspecified atom stereocenters. The topological polar surface area (TPSA) is 66.9 Å². The van der Waals surface area contributed by atoms with Crippen molar-refractivity contribution in [2.45, 2.75) is 6.92 Å². The van der Waals surface area contributed by atoms with Gasteiger partial charge in [-0.2, -0.15) is 0 Å². The molecule has 1 N–H and O–H groups in total. The lowest BCUT2D eigenvalue weighted by Crippen LogP contribution is -2.46. The Labute approximate surface area is 159 Å². The monoisotopic (exact) mass is 370 g/mol. The maximum absolute atomic E-state index is 12.5. The highest BCUT2D eigenvalue weighted by Crippen LogP contribution is 2.29. The van der Waals surface area contributed by atoms with Crippen LogP contribution >= 0.6 is 0 Å². The first-order valence-electron chi connectivity index (χ1n) is 9.11. The Hall–Kier alpha value is -2.80. The molecular formula is C20H26N4O3. The third-order valence-electron chi connectivity index (χ3n) is 4.81. The summed E-state index contributed by atoms with van der Waals surface area (Å²) < 4.78 is 10.5. The highest BCUT2D eigenvalue weighted by Gasteiger charge is 2.17. The Morgan fingerprint density at radius 1 is 1.07 bits per heavy atom. The van der Waals surface area contributed by atoms with E-state index in [1.54, 1.807) is 44.7 Å². The van der Waals surface area contributed by atoms with Crippen molar-refractivity contribution in [3.05, 3.63) is 42.2 Å². The molecule has 0 bridgehead atoms. The second-order valence-electron chi connectivity index (χ2n) is 6.35. The van der Waals surface area contributed by atoms with Gasteiger partial charge < -0.3 is 24.6 Å². The average molecular weight is 370 g/mol. The second kappa shape index (κ2) is 8.73. The third kappa shape index (κ3) is 4.49. The first-order chi connectivity index (χ1) is 13.1. The summed E-state index contributed by atoms with van der Waals surface area (Å²) in [5, 5.41) is 2.84. The molecule has 1 saturated heterocycles. The number of benzene rings is 1. The van der Waals surface area contributed by atoms with E-state index in [2.05, 4.69) is 27.0 Å². The number of hydrogen-bond acceptors (Lipinski definition) is 6. The summed E-state index contributed by atoms with van der Waals surface area (Å²) in [5.41, 5.74) is 2.05. The van der Waals surface area contributed by atoms with E-state index in [-0.39, 0.29) is 5.91 Å². The minimum atomic E-state index is -0.260. The number of methoxy groups -OCH3 is 2. The number of aromatic nitrogens is 1. The molecule has 7 heteroatoms. The van der Waals surface area contributed by atoms with Crippen LogP contribution in [0.25, 0.3) is 0 Å². The standard InChI is InChI=1S/C20H26N4O3/c1-4-23-9-11-24(12-10-23)16-6-7-17(21-14-16)20(25)22-15-5-8-18(26-2)19(13-15)27-3/h5-8,13-14H,4,9-12H2,1-3H3,(H,22,25). The maximum atomic E-state index is 12.5. The molecular weight excluding hydrogens is 344 g/mol. The lowest BCUT2D eigenvalue weighted by molar-refractivity contribution is 0.102. The number of carbonyl (C=O) groups is 1. The van der Waals surface area contributed by atoms with Crippen molar-refractivity contribution >= 4 is 17.3 Å². The number of amides is 1. The molecule has 1 amide bonds. The fourth-order valence-electron chi connectivity index (χ4n) is 3.14. The van der Waals surface area contributed by atoms with Gasteiger partial charge in [-0.25, -0.2) is 4.98 Å². The van der Waals surface area contributed by atoms with E-state index in [0.29, 0.717) is 22.9 Å². The molecule has 3 rings (SSSR count). The highest BCUT2D eigenvalue weighted by atomic mass is 16.5. The van der Waals surface area contributed by atoms with Crippen LogP contribution in [0.1, 0.15) is 17.4 Å². The summed E-state index contributed by atoms with van der Waals surface area (Å²) in [5.74, 6) is 0.913. The van der Waals surface area contributed by atoms with Crippen LogP contribution in [0.2, 0.25) is 0 Å². The molecule has 0 saturated carbocycles. The lowest BCUT2D eigenvalue weighted by atomic mass is 10.2. The number of pyridine rings is 1. The van der Waals surface area contributed by atoms with Gasteiger partial charge in [-0.3, -0.25) is 4.79 Å². The van der Waals surface area contributed by atoms with Crippen LogP contribution in [0, 0.1) is 0 Å². The van der Waals surface area contributed by atoms with Gasteiger partial charge in [0, 0.05) is 37.9 Å². The molecule has 1 aromatic heterocycles. The Morgan fingerprint density at radius 3 is 2.41 bits per heavy atom. The largest absolute Gasteiger partial charge is 0.493 e. The third-order valence-corrected chi connectivity index (χ3v) is 4.81. The molecule has 0 radical (unpaired) electrons. The predicted molar refractivity (Wildman–Crippen MR) is 106 cm³/mol. The van der Waals surface area contributed by atoms with Gasteiger partial charge >= 0.3 is 0 Å². The molecule has 2 heterocycles. The van der Waals surface area contributed by atoms with Crippen molar-refractivity contribution < 1.29 is 14.3 Å². The number of nitrogens with zero attached hydrogens (tertiary/aromatic N) is 3. The molecule has 2 aromatic rings. The minimum Gasteiger partial charge on any atom is -0.493 e. The zero-order valence-electron chi connectivity index (χ0n) is 16.1. The molecule has 27 heavy (non-hydrogen) atoms. The molecule has 0 atom stereocenters. The van der Waals surface area contributed by atoms with Crippen LogP contribution in [0.5, 0.6) is 11.5 Å². The molecule has 7 nitrogen and oxygen atoms in total. The molecule has 144 valence electrons. The molecule has 1 fully saturated rings. The summed E-state index contributed by atoms with van der Waals surface area (Å²) in [6, 6.07) is 8.95. The summed E-state index contributed by atoms with van der Waals surface area (Å²) in [6.45, 7) is 7.33. The zero-order chi connectivity index (χ0) is 19.2. The zero-order valence-corrected chi connectivity index (χ0v) is 16.1. The van der Waals surface area contributed by atoms with Crippen molar-refractivity contribution in [2.75, 3.05) is 57.2 Å². The van der Waals surface area contributed by atoms with E-state index < -0.39 is 0 Å². The lowest BCUT2D eigenvalue weighted by Gasteiger charge is -2.35. The SMILES string of the molecule is CCN1CCN(c2ccc(C(=O)Nc3ccc(OC)c(OC)c3)nc2)CC1. The van der Waals surface area contributed by atoms with Crippen LogP contribution < -0.4 is 19.7 Å². The Balaban J connectivity index is 1.64. The Kier molecular flexibility index (Phi) is 6.13. The van der Waals surface area contributed by atoms with E-state index in [1.165, 1.54) is 0 Å². The van der Waals surface area contributed by atoms with Crippen molar-refractivity contribution in [1.82, 2.24) is 9.88 Å². The van der Waals surface area contributed by atoms with Gasteiger partial charge in [-0.05, 0) is 30.8 Å². The van der Waals surface area contributed by atoms with Gasteiger partial charge in [-0.15, -0.1) is 0 Å². The van der Waals surface area contributed by atoms with E-state index in [4.69, 9.17) is 9.47 Å². The van der Waals surface area contributed by atoms with E-state index >= 15 is 0 Å². The summed E-state index contributed by atoms with van der Waals surface area (Å²) in [7, 11) is 3.13. The molecule has 1 aliphatic heterocycles. The van der Waals surface area contributed by atoms with Crippen molar-refractivity contribution in [1.29, 1.82) is 0 Å². The number of likely N-dealkylation sites (N-methyl/N-ethyl adjacent to an activating group) is 1. The Morgan fingerprint density at radius 2 is 1.81 bits per heavy atom. The van der Waals surface area contributed by atoms with Crippen LogP contribution in [-0.2, 0) is 0 Å². The number of ether oxygens (including phenoxy) is 2. The number of nitrogens with one attached hydrogen (secondary N) is 1. The second-order valence-corrected chi connectivity index (χ2v) is 6.35. The first-order valence-corrected chi connectivity index (χ1v) is 9.11. The fraction of sp³-hybridized carbons (Fsp3) is 0.400. The minimum absolute atomic E-state index is 0.260. The van der Waals surface area contributed by atoms with Crippen molar-refractivity contribution in [2.24, 2.45) is 0 Å². The van der Waals surface area contributed by atoms with Gasteiger partial charge in [0.15, 0.2) is 11.5 Å². The van der Waals surface area contributed by atoms with E-state index in [0.717, 1.165) is 38.4 Å². The van der Waals surface area contributed by atoms with E-state index in [9.17, 15) is 4.79 Å². The quantitative estimate of drug-likeness (QED) is 0.843. The number of piperazine rings is 1. The number of hydrogen-bond donors (Lipinski definition) is 1. The first kappa shape index (κ1) is 19.0. The summed E-state index contributed by atoms with van der Waals surface area (Å²) in [6.07, 6.45) is 1.77. The molecule has 0 aliphatic carbocycles. The fourth-order valence-corrected chi connectivity index (χ4v) is 3.14. The molecule has 1 aromatic carbocycles. The average Bonchev–Trinajstić information content (AvgIpc) is 2.73. The summed E-state index contributed by atoms with van der Waals surface area (Å²) in [4.78, 5) is 21.5.